The number of methoxy groups -OCH3 is 1. The summed E-state index contributed by atoms with van der Waals surface area (Å²) in [5, 5.41) is 1.06. The largest absolute Gasteiger partial charge is 0.497 e. The van der Waals surface area contributed by atoms with Gasteiger partial charge in [-0.2, -0.15) is 0 Å². The van der Waals surface area contributed by atoms with Crippen LogP contribution >= 0.6 is 0 Å². The van der Waals surface area contributed by atoms with Crippen LogP contribution in [-0.2, 0) is 0 Å². The zero-order valence-electron chi connectivity index (χ0n) is 12.7. The molecule has 3 nitrogen and oxygen atoms in total. The van der Waals surface area contributed by atoms with E-state index < -0.39 is 0 Å². The Hall–Kier alpha value is -3.07. The van der Waals surface area contributed by atoms with Crippen LogP contribution in [0.2, 0.25) is 0 Å². The molecule has 4 rings (SSSR count). The Morgan fingerprint density at radius 3 is 2.52 bits per heavy atom. The van der Waals surface area contributed by atoms with E-state index in [-0.39, 0.29) is 0 Å². The van der Waals surface area contributed by atoms with Gasteiger partial charge in [-0.15, -0.1) is 0 Å². The number of furan rings is 1. The highest BCUT2D eigenvalue weighted by molar-refractivity contribution is 5.97. The number of ether oxygens (including phenoxy) is 1. The lowest BCUT2D eigenvalue weighted by Gasteiger charge is -2.10. The average molecular weight is 301 g/mol. The fourth-order valence-electron chi connectivity index (χ4n) is 2.74. The molecule has 0 aliphatic carbocycles. The molecule has 2 heterocycles. The van der Waals surface area contributed by atoms with Crippen LogP contribution in [-0.4, -0.2) is 12.1 Å². The summed E-state index contributed by atoms with van der Waals surface area (Å²) >= 11 is 0. The molecule has 4 aromatic rings. The van der Waals surface area contributed by atoms with E-state index in [1.165, 1.54) is 0 Å². The molecule has 0 aliphatic rings. The first-order chi connectivity index (χ1) is 11.3. The fourth-order valence-corrected chi connectivity index (χ4v) is 2.74. The van der Waals surface area contributed by atoms with Gasteiger partial charge in [0.1, 0.15) is 11.4 Å². The second-order valence-electron chi connectivity index (χ2n) is 5.28. The molecule has 0 bridgehead atoms. The second kappa shape index (κ2) is 5.61. The molecule has 0 spiro atoms. The van der Waals surface area contributed by atoms with Gasteiger partial charge in [-0.25, -0.2) is 4.98 Å². The SMILES string of the molecule is COc1ccc2nc(-c3ccco3)cc(-c3ccccc3)c2c1. The van der Waals surface area contributed by atoms with E-state index in [0.29, 0.717) is 0 Å². The molecular formula is C20H15NO2. The molecule has 0 amide bonds. The van der Waals surface area contributed by atoms with Crippen LogP contribution in [0.4, 0.5) is 0 Å². The summed E-state index contributed by atoms with van der Waals surface area (Å²) in [6.07, 6.45) is 1.66. The van der Waals surface area contributed by atoms with Crippen molar-refractivity contribution in [2.75, 3.05) is 7.11 Å². The minimum absolute atomic E-state index is 0.764. The van der Waals surface area contributed by atoms with Crippen LogP contribution < -0.4 is 4.74 Å². The number of hydrogen-bond donors (Lipinski definition) is 0. The van der Waals surface area contributed by atoms with Crippen LogP contribution in [0.5, 0.6) is 5.75 Å². The highest BCUT2D eigenvalue weighted by Crippen LogP contribution is 2.33. The standard InChI is InChI=1S/C20H15NO2/c1-22-15-9-10-18-17(12-15)16(14-6-3-2-4-7-14)13-19(21-18)20-8-5-11-23-20/h2-13H,1H3. The van der Waals surface area contributed by atoms with Gasteiger partial charge in [0.25, 0.3) is 0 Å². The molecule has 0 fully saturated rings. The molecule has 2 aromatic carbocycles. The third kappa shape index (κ3) is 2.46. The second-order valence-corrected chi connectivity index (χ2v) is 5.28. The van der Waals surface area contributed by atoms with Gasteiger partial charge in [-0.3, -0.25) is 0 Å². The van der Waals surface area contributed by atoms with E-state index in [4.69, 9.17) is 14.1 Å². The molecular weight excluding hydrogens is 286 g/mol. The quantitative estimate of drug-likeness (QED) is 0.523. The van der Waals surface area contributed by atoms with Crippen LogP contribution in [0.15, 0.2) is 77.4 Å². The Labute approximate surface area is 134 Å². The smallest absolute Gasteiger partial charge is 0.152 e. The normalized spacial score (nSPS) is 10.8. The van der Waals surface area contributed by atoms with E-state index in [1.807, 2.05) is 48.5 Å². The number of benzene rings is 2. The van der Waals surface area contributed by atoms with Crippen molar-refractivity contribution in [3.63, 3.8) is 0 Å². The van der Waals surface area contributed by atoms with E-state index in [0.717, 1.165) is 39.2 Å². The molecule has 23 heavy (non-hydrogen) atoms. The predicted molar refractivity (Wildman–Crippen MR) is 91.4 cm³/mol. The first-order valence-electron chi connectivity index (χ1n) is 7.43. The highest BCUT2D eigenvalue weighted by atomic mass is 16.5. The summed E-state index contributed by atoms with van der Waals surface area (Å²) in [4.78, 5) is 4.73. The van der Waals surface area contributed by atoms with E-state index >= 15 is 0 Å². The minimum Gasteiger partial charge on any atom is -0.497 e. The zero-order chi connectivity index (χ0) is 15.6. The summed E-state index contributed by atoms with van der Waals surface area (Å²) in [6.45, 7) is 0. The predicted octanol–water partition coefficient (Wildman–Crippen LogP) is 5.17. The molecule has 0 unspecified atom stereocenters. The van der Waals surface area contributed by atoms with Crippen molar-refractivity contribution in [3.8, 4) is 28.3 Å². The minimum atomic E-state index is 0.764. The lowest BCUT2D eigenvalue weighted by molar-refractivity contribution is 0.415. The van der Waals surface area contributed by atoms with E-state index in [1.54, 1.807) is 13.4 Å². The first-order valence-corrected chi connectivity index (χ1v) is 7.43. The van der Waals surface area contributed by atoms with Crippen molar-refractivity contribution < 1.29 is 9.15 Å². The molecule has 0 saturated carbocycles. The van der Waals surface area contributed by atoms with Gasteiger partial charge in [0.15, 0.2) is 5.76 Å². The topological polar surface area (TPSA) is 35.3 Å². The Kier molecular flexibility index (Phi) is 3.31. The molecule has 112 valence electrons. The molecule has 0 N–H and O–H groups in total. The van der Waals surface area contributed by atoms with Gasteiger partial charge in [0.2, 0.25) is 0 Å². The third-order valence-corrected chi connectivity index (χ3v) is 3.87. The lowest BCUT2D eigenvalue weighted by atomic mass is 9.99. The summed E-state index contributed by atoms with van der Waals surface area (Å²) < 4.78 is 10.9. The molecule has 3 heteroatoms. The number of hydrogen-bond acceptors (Lipinski definition) is 3. The summed E-state index contributed by atoms with van der Waals surface area (Å²) in [6, 6.07) is 22.1. The number of rotatable bonds is 3. The Balaban J connectivity index is 2.03. The summed E-state index contributed by atoms with van der Waals surface area (Å²) in [7, 11) is 1.67. The number of pyridine rings is 1. The van der Waals surface area contributed by atoms with Crippen LogP contribution in [0.25, 0.3) is 33.5 Å². The Morgan fingerprint density at radius 2 is 1.78 bits per heavy atom. The third-order valence-electron chi connectivity index (χ3n) is 3.87. The highest BCUT2D eigenvalue weighted by Gasteiger charge is 2.11. The van der Waals surface area contributed by atoms with Gasteiger partial charge >= 0.3 is 0 Å². The van der Waals surface area contributed by atoms with Gasteiger partial charge < -0.3 is 9.15 Å². The van der Waals surface area contributed by atoms with Crippen molar-refractivity contribution >= 4 is 10.9 Å². The first kappa shape index (κ1) is 13.6. The lowest BCUT2D eigenvalue weighted by Crippen LogP contribution is -1.90. The van der Waals surface area contributed by atoms with Crippen molar-refractivity contribution in [2.24, 2.45) is 0 Å². The summed E-state index contributed by atoms with van der Waals surface area (Å²) in [5.74, 6) is 1.59. The van der Waals surface area contributed by atoms with E-state index in [2.05, 4.69) is 18.2 Å². The Morgan fingerprint density at radius 1 is 0.913 bits per heavy atom. The van der Waals surface area contributed by atoms with Crippen molar-refractivity contribution in [3.05, 3.63) is 73.0 Å². The van der Waals surface area contributed by atoms with E-state index in [9.17, 15) is 0 Å². The van der Waals surface area contributed by atoms with Crippen LogP contribution in [0, 0.1) is 0 Å². The van der Waals surface area contributed by atoms with Crippen LogP contribution in [0.1, 0.15) is 0 Å². The zero-order valence-corrected chi connectivity index (χ0v) is 12.7. The summed E-state index contributed by atoms with van der Waals surface area (Å²) in [5.41, 5.74) is 3.99. The average Bonchev–Trinajstić information content (AvgIpc) is 3.16. The van der Waals surface area contributed by atoms with Gasteiger partial charge in [-0.05, 0) is 47.5 Å². The molecule has 0 saturated heterocycles. The Bertz CT molecular complexity index is 944. The number of nitrogens with zero attached hydrogens (tertiary/aromatic N) is 1. The molecule has 2 aromatic heterocycles. The van der Waals surface area contributed by atoms with Gasteiger partial charge in [-0.1, -0.05) is 30.3 Å². The maximum atomic E-state index is 5.52. The molecule has 0 radical (unpaired) electrons. The monoisotopic (exact) mass is 301 g/mol. The number of aromatic nitrogens is 1. The maximum Gasteiger partial charge on any atom is 0.152 e. The fraction of sp³-hybridized carbons (Fsp3) is 0.0500. The maximum absolute atomic E-state index is 5.52. The van der Waals surface area contributed by atoms with Gasteiger partial charge in [0, 0.05) is 5.39 Å². The van der Waals surface area contributed by atoms with Crippen molar-refractivity contribution in [2.45, 2.75) is 0 Å². The van der Waals surface area contributed by atoms with Crippen molar-refractivity contribution in [1.29, 1.82) is 0 Å². The molecule has 0 aliphatic heterocycles. The molecule has 0 atom stereocenters. The number of fused-ring (bicyclic) bond motifs is 1. The van der Waals surface area contributed by atoms with Gasteiger partial charge in [0.05, 0.1) is 18.9 Å². The van der Waals surface area contributed by atoms with Crippen molar-refractivity contribution in [1.82, 2.24) is 4.98 Å². The van der Waals surface area contributed by atoms with Crippen LogP contribution in [0.3, 0.4) is 0 Å².